The van der Waals surface area contributed by atoms with Gasteiger partial charge in [0.05, 0.1) is 5.41 Å². The van der Waals surface area contributed by atoms with E-state index in [2.05, 4.69) is 45.3 Å². The summed E-state index contributed by atoms with van der Waals surface area (Å²) < 4.78 is 0. The minimum absolute atomic E-state index is 0.157. The van der Waals surface area contributed by atoms with Gasteiger partial charge in [-0.1, -0.05) is 42.0 Å². The molecule has 0 atom stereocenters. The summed E-state index contributed by atoms with van der Waals surface area (Å²) in [4.78, 5) is 24.2. The fourth-order valence-corrected chi connectivity index (χ4v) is 4.59. The molecular weight excluding hydrogens is 360 g/mol. The van der Waals surface area contributed by atoms with Crippen LogP contribution in [0.1, 0.15) is 29.5 Å². The molecule has 2 aliphatic heterocycles. The van der Waals surface area contributed by atoms with Crippen LogP contribution in [0.4, 0.5) is 5.69 Å². The monoisotopic (exact) mass is 384 g/mol. The number of carbonyl (C=O) groups excluding carboxylic acids is 1. The Bertz CT molecular complexity index is 1050. The highest BCUT2D eigenvalue weighted by Gasteiger charge is 2.48. The molecule has 1 aromatic heterocycles. The van der Waals surface area contributed by atoms with E-state index in [1.54, 1.807) is 0 Å². The average Bonchev–Trinajstić information content (AvgIpc) is 3.02. The fraction of sp³-hybridized carbons (Fsp3) is 0.292. The average molecular weight is 384 g/mol. The third-order valence-corrected chi connectivity index (χ3v) is 6.22. The van der Waals surface area contributed by atoms with Gasteiger partial charge in [-0.15, -0.1) is 0 Å². The zero-order valence-electron chi connectivity index (χ0n) is 16.6. The van der Waals surface area contributed by atoms with Crippen molar-refractivity contribution in [2.45, 2.75) is 31.7 Å². The lowest BCUT2D eigenvalue weighted by atomic mass is 9.73. The van der Waals surface area contributed by atoms with Crippen molar-refractivity contribution in [3.05, 3.63) is 77.6 Å². The number of likely N-dealkylation sites (tertiary alicyclic amines) is 1. The molecule has 0 unspecified atom stereocenters. The van der Waals surface area contributed by atoms with Gasteiger partial charge < -0.3 is 5.32 Å². The number of fused-ring (bicyclic) bond motifs is 2. The maximum absolute atomic E-state index is 12.7. The van der Waals surface area contributed by atoms with Crippen LogP contribution in [0.25, 0.3) is 11.4 Å². The lowest BCUT2D eigenvalue weighted by Gasteiger charge is -2.37. The Labute approximate surface area is 170 Å². The van der Waals surface area contributed by atoms with Crippen molar-refractivity contribution in [3.63, 3.8) is 0 Å². The Kier molecular flexibility index (Phi) is 4.40. The second kappa shape index (κ2) is 7.08. The van der Waals surface area contributed by atoms with E-state index in [-0.39, 0.29) is 11.3 Å². The number of aromatic nitrogens is 2. The van der Waals surface area contributed by atoms with Gasteiger partial charge in [-0.3, -0.25) is 9.69 Å². The Hall–Kier alpha value is -3.05. The second-order valence-electron chi connectivity index (χ2n) is 8.14. The van der Waals surface area contributed by atoms with Crippen LogP contribution in [-0.2, 0) is 16.8 Å². The van der Waals surface area contributed by atoms with Gasteiger partial charge in [0, 0.05) is 35.8 Å². The summed E-state index contributed by atoms with van der Waals surface area (Å²) in [7, 11) is 0. The van der Waals surface area contributed by atoms with Crippen LogP contribution >= 0.6 is 0 Å². The van der Waals surface area contributed by atoms with E-state index in [0.717, 1.165) is 60.7 Å². The van der Waals surface area contributed by atoms with Gasteiger partial charge >= 0.3 is 0 Å². The Balaban J connectivity index is 1.26. The number of rotatable bonds is 3. The normalized spacial score (nSPS) is 17.9. The standard InChI is InChI=1S/C24H24N4O/c1-17-5-4-6-19(13-17)22-25-14-18(15-26-22)16-28-11-9-24(10-12-28)20-7-2-3-8-21(20)27-23(24)29/h2-8,13-15H,9-12,16H2,1H3,(H,27,29). The number of nitrogens with one attached hydrogen (secondary N) is 1. The smallest absolute Gasteiger partial charge is 0.235 e. The number of nitrogens with zero attached hydrogens (tertiary/aromatic N) is 3. The molecule has 1 spiro atoms. The first kappa shape index (κ1) is 18.0. The number of amides is 1. The number of anilines is 1. The highest BCUT2D eigenvalue weighted by atomic mass is 16.2. The van der Waals surface area contributed by atoms with Gasteiger partial charge in [-0.2, -0.15) is 0 Å². The van der Waals surface area contributed by atoms with Crippen molar-refractivity contribution in [2.75, 3.05) is 18.4 Å². The fourth-order valence-electron chi connectivity index (χ4n) is 4.59. The van der Waals surface area contributed by atoms with Gasteiger partial charge in [-0.05, 0) is 50.6 Å². The molecular formula is C24H24N4O. The van der Waals surface area contributed by atoms with E-state index >= 15 is 0 Å². The molecule has 0 bridgehead atoms. The largest absolute Gasteiger partial charge is 0.325 e. The molecule has 3 heterocycles. The lowest BCUT2D eigenvalue weighted by Crippen LogP contribution is -2.46. The predicted molar refractivity (Wildman–Crippen MR) is 113 cm³/mol. The quantitative estimate of drug-likeness (QED) is 0.743. The zero-order valence-corrected chi connectivity index (χ0v) is 16.6. The summed E-state index contributed by atoms with van der Waals surface area (Å²) in [6.45, 7) is 4.67. The van der Waals surface area contributed by atoms with E-state index < -0.39 is 0 Å². The van der Waals surface area contributed by atoms with E-state index in [0.29, 0.717) is 0 Å². The Morgan fingerprint density at radius 1 is 1.03 bits per heavy atom. The topological polar surface area (TPSA) is 58.1 Å². The minimum atomic E-state index is -0.362. The first-order chi connectivity index (χ1) is 14.1. The predicted octanol–water partition coefficient (Wildman–Crippen LogP) is 3.94. The van der Waals surface area contributed by atoms with Crippen molar-refractivity contribution in [1.82, 2.24) is 14.9 Å². The van der Waals surface area contributed by atoms with E-state index in [1.807, 2.05) is 42.7 Å². The molecule has 0 saturated carbocycles. The number of para-hydroxylation sites is 1. The maximum atomic E-state index is 12.7. The highest BCUT2D eigenvalue weighted by Crippen LogP contribution is 2.44. The first-order valence-corrected chi connectivity index (χ1v) is 10.2. The SMILES string of the molecule is Cc1cccc(-c2ncc(CN3CCC4(CC3)C(=O)Nc3ccccc34)cn2)c1. The minimum Gasteiger partial charge on any atom is -0.325 e. The van der Waals surface area contributed by atoms with Crippen LogP contribution in [0.3, 0.4) is 0 Å². The van der Waals surface area contributed by atoms with Crippen molar-refractivity contribution in [2.24, 2.45) is 0 Å². The number of aryl methyl sites for hydroxylation is 1. The molecule has 146 valence electrons. The molecule has 3 aromatic rings. The molecule has 0 radical (unpaired) electrons. The van der Waals surface area contributed by atoms with Crippen LogP contribution in [0.5, 0.6) is 0 Å². The molecule has 5 nitrogen and oxygen atoms in total. The molecule has 1 fully saturated rings. The molecule has 2 aliphatic rings. The molecule has 0 aliphatic carbocycles. The van der Waals surface area contributed by atoms with Gasteiger partial charge in [-0.25, -0.2) is 9.97 Å². The molecule has 2 aromatic carbocycles. The molecule has 1 N–H and O–H groups in total. The van der Waals surface area contributed by atoms with E-state index in [4.69, 9.17) is 0 Å². The van der Waals surface area contributed by atoms with Gasteiger partial charge in [0.1, 0.15) is 0 Å². The van der Waals surface area contributed by atoms with Crippen LogP contribution in [0.15, 0.2) is 60.9 Å². The van der Waals surface area contributed by atoms with Crippen molar-refractivity contribution in [3.8, 4) is 11.4 Å². The molecule has 5 heteroatoms. The number of piperidine rings is 1. The number of hydrogen-bond acceptors (Lipinski definition) is 4. The second-order valence-corrected chi connectivity index (χ2v) is 8.14. The van der Waals surface area contributed by atoms with E-state index in [9.17, 15) is 4.79 Å². The van der Waals surface area contributed by atoms with Crippen molar-refractivity contribution >= 4 is 11.6 Å². The first-order valence-electron chi connectivity index (χ1n) is 10.2. The molecule has 5 rings (SSSR count). The van der Waals surface area contributed by atoms with Crippen LogP contribution < -0.4 is 5.32 Å². The Morgan fingerprint density at radius 2 is 1.79 bits per heavy atom. The van der Waals surface area contributed by atoms with E-state index in [1.165, 1.54) is 5.56 Å². The Morgan fingerprint density at radius 3 is 2.55 bits per heavy atom. The summed E-state index contributed by atoms with van der Waals surface area (Å²) in [5.41, 5.74) is 5.13. The van der Waals surface area contributed by atoms with Crippen LogP contribution in [-0.4, -0.2) is 33.9 Å². The summed E-state index contributed by atoms with van der Waals surface area (Å²) in [6.07, 6.45) is 5.54. The van der Waals surface area contributed by atoms with Gasteiger partial charge in [0.2, 0.25) is 5.91 Å². The third-order valence-electron chi connectivity index (χ3n) is 6.22. The lowest BCUT2D eigenvalue weighted by molar-refractivity contribution is -0.122. The number of hydrogen-bond donors (Lipinski definition) is 1. The number of carbonyl (C=O) groups is 1. The maximum Gasteiger partial charge on any atom is 0.235 e. The zero-order chi connectivity index (χ0) is 19.8. The highest BCUT2D eigenvalue weighted by molar-refractivity contribution is 6.06. The van der Waals surface area contributed by atoms with Gasteiger partial charge in [0.15, 0.2) is 5.82 Å². The summed E-state index contributed by atoms with van der Waals surface area (Å²) in [5.74, 6) is 0.915. The summed E-state index contributed by atoms with van der Waals surface area (Å²) in [6, 6.07) is 16.4. The molecule has 29 heavy (non-hydrogen) atoms. The summed E-state index contributed by atoms with van der Waals surface area (Å²) in [5, 5.41) is 3.07. The summed E-state index contributed by atoms with van der Waals surface area (Å²) >= 11 is 0. The van der Waals surface area contributed by atoms with Crippen LogP contribution in [0, 0.1) is 6.92 Å². The van der Waals surface area contributed by atoms with Crippen molar-refractivity contribution in [1.29, 1.82) is 0 Å². The third kappa shape index (κ3) is 3.21. The van der Waals surface area contributed by atoms with Crippen molar-refractivity contribution < 1.29 is 4.79 Å². The van der Waals surface area contributed by atoms with Crippen LogP contribution in [0.2, 0.25) is 0 Å². The molecule has 1 amide bonds. The van der Waals surface area contributed by atoms with Gasteiger partial charge in [0.25, 0.3) is 0 Å². The molecule has 1 saturated heterocycles. The number of benzene rings is 2.